The van der Waals surface area contributed by atoms with E-state index in [4.69, 9.17) is 13.9 Å². The lowest BCUT2D eigenvalue weighted by Crippen LogP contribution is -2.43. The molecule has 1 heterocycles. The van der Waals surface area contributed by atoms with Gasteiger partial charge in [0, 0.05) is 12.3 Å². The molecule has 3 unspecified atom stereocenters. The number of Topliss-reactive ketones (excluding diaryl/α,β-unsaturated/α-hetero) is 1. The summed E-state index contributed by atoms with van der Waals surface area (Å²) in [6.07, 6.45) is -0.0765. The lowest BCUT2D eigenvalue weighted by Gasteiger charge is -2.37. The van der Waals surface area contributed by atoms with Crippen molar-refractivity contribution >= 4 is 15.5 Å². The predicted molar refractivity (Wildman–Crippen MR) is 80.4 cm³/mol. The summed E-state index contributed by atoms with van der Waals surface area (Å²) >= 11 is 0. The van der Waals surface area contributed by atoms with Gasteiger partial charge in [0.1, 0.15) is 12.2 Å². The molecule has 1 saturated heterocycles. The summed E-state index contributed by atoms with van der Waals surface area (Å²) in [5.74, 6) is -0.433. The zero-order chi connectivity index (χ0) is 15.3. The highest BCUT2D eigenvalue weighted by atomic mass is 28.2. The van der Waals surface area contributed by atoms with Crippen LogP contribution in [0, 0.1) is 5.92 Å². The van der Waals surface area contributed by atoms with Gasteiger partial charge in [-0.2, -0.15) is 0 Å². The summed E-state index contributed by atoms with van der Waals surface area (Å²) in [4.78, 5) is 12.2. The van der Waals surface area contributed by atoms with Crippen LogP contribution in [0.2, 0.25) is 5.04 Å². The predicted octanol–water partition coefficient (Wildman–Crippen LogP) is 2.19. The maximum atomic E-state index is 12.2. The maximum Gasteiger partial charge on any atom is 0.167 e. The van der Waals surface area contributed by atoms with Crippen molar-refractivity contribution in [3.05, 3.63) is 0 Å². The van der Waals surface area contributed by atoms with Crippen LogP contribution in [0.15, 0.2) is 0 Å². The van der Waals surface area contributed by atoms with Gasteiger partial charge in [0.05, 0.1) is 5.60 Å². The minimum Gasteiger partial charge on any atom is -0.418 e. The summed E-state index contributed by atoms with van der Waals surface area (Å²) in [7, 11) is -0.667. The van der Waals surface area contributed by atoms with Gasteiger partial charge in [-0.25, -0.2) is 0 Å². The molecule has 0 spiro atoms. The first-order valence-electron chi connectivity index (χ1n) is 7.44. The van der Waals surface area contributed by atoms with Crippen molar-refractivity contribution in [2.45, 2.75) is 83.5 Å². The van der Waals surface area contributed by atoms with Crippen molar-refractivity contribution in [3.8, 4) is 0 Å². The fourth-order valence-electron chi connectivity index (χ4n) is 2.93. The first-order chi connectivity index (χ1) is 8.91. The second-order valence-electron chi connectivity index (χ2n) is 8.25. The Balaban J connectivity index is 2.10. The Bertz CT molecular complexity index is 397. The minimum absolute atomic E-state index is 0.0802. The number of ether oxygens (including phenoxy) is 2. The number of hydrogen-bond acceptors (Lipinski definition) is 4. The van der Waals surface area contributed by atoms with Crippen LogP contribution in [-0.2, 0) is 18.7 Å². The number of fused-ring (bicyclic) bond motifs is 1. The van der Waals surface area contributed by atoms with E-state index in [-0.39, 0.29) is 28.4 Å². The van der Waals surface area contributed by atoms with E-state index in [1.54, 1.807) is 0 Å². The smallest absolute Gasteiger partial charge is 0.167 e. The molecule has 0 N–H and O–H groups in total. The highest BCUT2D eigenvalue weighted by Crippen LogP contribution is 2.45. The van der Waals surface area contributed by atoms with Crippen LogP contribution >= 0.6 is 0 Å². The van der Waals surface area contributed by atoms with E-state index in [0.29, 0.717) is 6.42 Å². The molecule has 3 atom stereocenters. The van der Waals surface area contributed by atoms with E-state index < -0.39 is 21.7 Å². The van der Waals surface area contributed by atoms with Crippen LogP contribution in [0.4, 0.5) is 0 Å². The molecule has 0 radical (unpaired) electrons. The lowest BCUT2D eigenvalue weighted by atomic mass is 9.88. The van der Waals surface area contributed by atoms with E-state index in [0.717, 1.165) is 0 Å². The molecule has 2 rings (SSSR count). The van der Waals surface area contributed by atoms with E-state index in [2.05, 4.69) is 34.6 Å². The summed E-state index contributed by atoms with van der Waals surface area (Å²) in [6.45, 7) is 14.5. The Morgan fingerprint density at radius 2 is 1.80 bits per heavy atom. The molecular weight excluding hydrogens is 272 g/mol. The van der Waals surface area contributed by atoms with Gasteiger partial charge in [0.2, 0.25) is 0 Å². The second kappa shape index (κ2) is 4.90. The summed E-state index contributed by atoms with van der Waals surface area (Å²) in [5, 5.41) is 0.242. The standard InChI is InChI=1S/C15H28O4Si/c1-13(2,3)20-19-14(4,5)9-8-10(16)12-11(9)17-15(6,7)18-12/h9,11-12H,8,20H2,1-7H3. The van der Waals surface area contributed by atoms with Gasteiger partial charge in [0.25, 0.3) is 0 Å². The van der Waals surface area contributed by atoms with E-state index in [1.807, 2.05) is 13.8 Å². The fraction of sp³-hybridized carbons (Fsp3) is 0.933. The van der Waals surface area contributed by atoms with Gasteiger partial charge in [-0.3, -0.25) is 4.79 Å². The van der Waals surface area contributed by atoms with Crippen LogP contribution in [0.1, 0.15) is 54.9 Å². The third-order valence-electron chi connectivity index (χ3n) is 4.03. The number of hydrogen-bond donors (Lipinski definition) is 0. The first-order valence-corrected chi connectivity index (χ1v) is 8.72. The molecule has 4 nitrogen and oxygen atoms in total. The number of rotatable bonds is 3. The number of ketones is 1. The molecule has 2 aliphatic rings. The minimum atomic E-state index is -0.667. The van der Waals surface area contributed by atoms with Crippen LogP contribution in [-0.4, -0.2) is 39.1 Å². The topological polar surface area (TPSA) is 44.8 Å². The molecule has 0 aromatic carbocycles. The maximum absolute atomic E-state index is 12.2. The van der Waals surface area contributed by atoms with E-state index >= 15 is 0 Å². The molecule has 5 heteroatoms. The highest BCUT2D eigenvalue weighted by Gasteiger charge is 2.57. The average Bonchev–Trinajstić information content (AvgIpc) is 2.71. The van der Waals surface area contributed by atoms with Gasteiger partial charge < -0.3 is 13.9 Å². The molecule has 116 valence electrons. The monoisotopic (exact) mass is 300 g/mol. The zero-order valence-electron chi connectivity index (χ0n) is 13.8. The van der Waals surface area contributed by atoms with Crippen molar-refractivity contribution in [2.75, 3.05) is 0 Å². The van der Waals surface area contributed by atoms with Crippen LogP contribution < -0.4 is 0 Å². The summed E-state index contributed by atoms with van der Waals surface area (Å²) in [5.41, 5.74) is -0.335. The van der Waals surface area contributed by atoms with Crippen LogP contribution in [0.5, 0.6) is 0 Å². The van der Waals surface area contributed by atoms with Crippen molar-refractivity contribution < 1.29 is 18.7 Å². The highest BCUT2D eigenvalue weighted by molar-refractivity contribution is 6.31. The van der Waals surface area contributed by atoms with E-state index in [9.17, 15) is 4.79 Å². The third kappa shape index (κ3) is 3.32. The van der Waals surface area contributed by atoms with Gasteiger partial charge in [-0.1, -0.05) is 20.8 Å². The number of carbonyl (C=O) groups excluding carboxylic acids is 1. The molecule has 0 aromatic heterocycles. The Morgan fingerprint density at radius 3 is 2.35 bits per heavy atom. The van der Waals surface area contributed by atoms with Crippen molar-refractivity contribution in [2.24, 2.45) is 5.92 Å². The van der Waals surface area contributed by atoms with E-state index in [1.165, 1.54) is 0 Å². The Morgan fingerprint density at radius 1 is 1.20 bits per heavy atom. The number of carbonyl (C=O) groups is 1. The van der Waals surface area contributed by atoms with Gasteiger partial charge in [0.15, 0.2) is 21.3 Å². The molecule has 2 fully saturated rings. The summed E-state index contributed by atoms with van der Waals surface area (Å²) in [6, 6.07) is 0. The lowest BCUT2D eigenvalue weighted by molar-refractivity contribution is -0.169. The van der Waals surface area contributed by atoms with Crippen molar-refractivity contribution in [1.29, 1.82) is 0 Å². The quantitative estimate of drug-likeness (QED) is 0.750. The average molecular weight is 300 g/mol. The Labute approximate surface area is 124 Å². The molecule has 0 aromatic rings. The Kier molecular flexibility index (Phi) is 3.96. The van der Waals surface area contributed by atoms with Gasteiger partial charge in [-0.15, -0.1) is 0 Å². The van der Waals surface area contributed by atoms with Crippen LogP contribution in [0.25, 0.3) is 0 Å². The van der Waals surface area contributed by atoms with Crippen LogP contribution in [0.3, 0.4) is 0 Å². The molecular formula is C15H28O4Si. The zero-order valence-corrected chi connectivity index (χ0v) is 15.2. The van der Waals surface area contributed by atoms with Gasteiger partial charge in [-0.05, 0) is 32.7 Å². The summed E-state index contributed by atoms with van der Waals surface area (Å²) < 4.78 is 18.0. The third-order valence-corrected chi connectivity index (χ3v) is 5.79. The van der Waals surface area contributed by atoms with Crippen molar-refractivity contribution in [1.82, 2.24) is 0 Å². The molecule has 1 aliphatic heterocycles. The second-order valence-corrected chi connectivity index (χ2v) is 10.9. The molecule has 1 aliphatic carbocycles. The molecule has 0 amide bonds. The van der Waals surface area contributed by atoms with Gasteiger partial charge >= 0.3 is 0 Å². The van der Waals surface area contributed by atoms with Crippen molar-refractivity contribution in [3.63, 3.8) is 0 Å². The molecule has 20 heavy (non-hydrogen) atoms. The SMILES string of the molecule is CC1(C)OC2C(=O)CC(C(C)(C)O[SiH2]C(C)(C)C)C2O1. The Hall–Kier alpha value is -0.233. The molecule has 0 bridgehead atoms. The normalized spacial score (nSPS) is 34.1. The largest absolute Gasteiger partial charge is 0.418 e. The molecule has 1 saturated carbocycles. The fourth-order valence-corrected chi connectivity index (χ4v) is 3.95. The first kappa shape index (κ1) is 16.1.